The third-order valence-electron chi connectivity index (χ3n) is 1.89. The molecule has 1 unspecified atom stereocenters. The average Bonchev–Trinajstić information content (AvgIpc) is 2.36. The van der Waals surface area contributed by atoms with Gasteiger partial charge in [0.25, 0.3) is 0 Å². The first-order chi connectivity index (χ1) is 5.08. The molecule has 1 nitrogen and oxygen atoms in total. The Morgan fingerprint density at radius 1 is 1.73 bits per heavy atom. The average molecular weight is 191 g/mol. The molecule has 11 heavy (non-hydrogen) atoms. The van der Waals surface area contributed by atoms with E-state index in [2.05, 4.69) is 0 Å². The minimum absolute atomic E-state index is 0.684. The van der Waals surface area contributed by atoms with Crippen molar-refractivity contribution in [3.63, 3.8) is 0 Å². The number of hydrogen-bond acceptors (Lipinski definition) is 2. The van der Waals surface area contributed by atoms with Crippen molar-refractivity contribution >= 4 is 22.9 Å². The summed E-state index contributed by atoms with van der Waals surface area (Å²) in [5.41, 5.74) is 0.0727. The molecule has 1 heterocycles. The zero-order valence-corrected chi connectivity index (χ0v) is 8.17. The smallest absolute Gasteiger partial charge is 0.0989 e. The van der Waals surface area contributed by atoms with Crippen LogP contribution in [0.2, 0.25) is 4.34 Å². The van der Waals surface area contributed by atoms with E-state index in [1.807, 2.05) is 18.4 Å². The molecule has 1 aromatic rings. The third kappa shape index (κ3) is 1.75. The second-order valence-electron chi connectivity index (χ2n) is 2.74. The van der Waals surface area contributed by atoms with E-state index >= 15 is 0 Å². The van der Waals surface area contributed by atoms with Gasteiger partial charge in [-0.15, -0.1) is 11.3 Å². The molecule has 0 aliphatic carbocycles. The number of halogens is 1. The van der Waals surface area contributed by atoms with Crippen LogP contribution in [0.25, 0.3) is 0 Å². The summed E-state index contributed by atoms with van der Waals surface area (Å²) in [6.45, 7) is 3.72. The van der Waals surface area contributed by atoms with Gasteiger partial charge < -0.3 is 5.11 Å². The van der Waals surface area contributed by atoms with Crippen molar-refractivity contribution in [2.24, 2.45) is 0 Å². The summed E-state index contributed by atoms with van der Waals surface area (Å²) in [5.74, 6) is 0. The van der Waals surface area contributed by atoms with E-state index in [4.69, 9.17) is 11.6 Å². The van der Waals surface area contributed by atoms with Gasteiger partial charge in [0.2, 0.25) is 0 Å². The fourth-order valence-electron chi connectivity index (χ4n) is 0.872. The highest BCUT2D eigenvalue weighted by Gasteiger charge is 2.23. The Morgan fingerprint density at radius 2 is 2.36 bits per heavy atom. The van der Waals surface area contributed by atoms with E-state index in [1.54, 1.807) is 6.92 Å². The van der Waals surface area contributed by atoms with Crippen molar-refractivity contribution in [2.75, 3.05) is 0 Å². The molecule has 0 amide bonds. The van der Waals surface area contributed by atoms with Crippen LogP contribution >= 0.6 is 22.9 Å². The Morgan fingerprint density at radius 3 is 2.73 bits per heavy atom. The van der Waals surface area contributed by atoms with E-state index in [9.17, 15) is 5.11 Å². The molecule has 1 N–H and O–H groups in total. The van der Waals surface area contributed by atoms with E-state index < -0.39 is 5.60 Å². The zero-order valence-electron chi connectivity index (χ0n) is 6.60. The van der Waals surface area contributed by atoms with Gasteiger partial charge >= 0.3 is 0 Å². The molecule has 62 valence electrons. The Kier molecular flexibility index (Phi) is 2.58. The van der Waals surface area contributed by atoms with Crippen LogP contribution in [-0.4, -0.2) is 5.11 Å². The molecular weight excluding hydrogens is 180 g/mol. The molecule has 0 aromatic carbocycles. The molecule has 3 heteroatoms. The maximum atomic E-state index is 9.79. The number of thiophene rings is 1. The van der Waals surface area contributed by atoms with Gasteiger partial charge in [-0.05, 0) is 24.8 Å². The Bertz CT molecular complexity index is 242. The van der Waals surface area contributed by atoms with Crippen molar-refractivity contribution < 1.29 is 5.11 Å². The SMILES string of the molecule is CCC(C)(O)c1ccsc1Cl. The van der Waals surface area contributed by atoms with Gasteiger partial charge in [0.15, 0.2) is 0 Å². The summed E-state index contributed by atoms with van der Waals surface area (Å²) < 4.78 is 0.692. The minimum Gasteiger partial charge on any atom is -0.385 e. The van der Waals surface area contributed by atoms with Crippen LogP contribution in [0, 0.1) is 0 Å². The lowest BCUT2D eigenvalue weighted by molar-refractivity contribution is 0.0536. The van der Waals surface area contributed by atoms with Gasteiger partial charge in [0.05, 0.1) is 9.94 Å². The molecule has 1 atom stereocenters. The Balaban J connectivity index is 3.00. The van der Waals surface area contributed by atoms with Crippen molar-refractivity contribution in [1.29, 1.82) is 0 Å². The van der Waals surface area contributed by atoms with Crippen molar-refractivity contribution in [3.05, 3.63) is 21.3 Å². The second-order valence-corrected chi connectivity index (χ2v) is 4.25. The lowest BCUT2D eigenvalue weighted by Crippen LogP contribution is -2.18. The molecule has 1 aromatic heterocycles. The normalized spacial score (nSPS) is 16.4. The molecule has 0 spiro atoms. The Labute approximate surface area is 75.6 Å². The Hall–Kier alpha value is -0.0500. The zero-order chi connectivity index (χ0) is 8.48. The summed E-state index contributed by atoms with van der Waals surface area (Å²) >= 11 is 7.31. The molecule has 0 aliphatic heterocycles. The highest BCUT2D eigenvalue weighted by molar-refractivity contribution is 7.14. The molecule has 0 saturated carbocycles. The first-order valence-electron chi connectivity index (χ1n) is 3.54. The van der Waals surface area contributed by atoms with Gasteiger partial charge in [-0.25, -0.2) is 0 Å². The van der Waals surface area contributed by atoms with Crippen LogP contribution in [0.5, 0.6) is 0 Å². The molecule has 0 saturated heterocycles. The van der Waals surface area contributed by atoms with Gasteiger partial charge in [0.1, 0.15) is 0 Å². The minimum atomic E-state index is -0.767. The fourth-order valence-corrected chi connectivity index (χ4v) is 2.03. The highest BCUT2D eigenvalue weighted by atomic mass is 35.5. The predicted molar refractivity (Wildman–Crippen MR) is 49.2 cm³/mol. The fraction of sp³-hybridized carbons (Fsp3) is 0.500. The van der Waals surface area contributed by atoms with Crippen LogP contribution < -0.4 is 0 Å². The topological polar surface area (TPSA) is 20.2 Å². The van der Waals surface area contributed by atoms with Crippen molar-refractivity contribution in [1.82, 2.24) is 0 Å². The van der Waals surface area contributed by atoms with Crippen LogP contribution in [0.15, 0.2) is 11.4 Å². The molecule has 0 radical (unpaired) electrons. The molecule has 0 fully saturated rings. The predicted octanol–water partition coefficient (Wildman–Crippen LogP) is 3.02. The largest absolute Gasteiger partial charge is 0.385 e. The van der Waals surface area contributed by atoms with E-state index in [0.29, 0.717) is 10.8 Å². The van der Waals surface area contributed by atoms with Gasteiger partial charge in [-0.3, -0.25) is 0 Å². The monoisotopic (exact) mass is 190 g/mol. The second kappa shape index (κ2) is 3.13. The highest BCUT2D eigenvalue weighted by Crippen LogP contribution is 2.33. The van der Waals surface area contributed by atoms with E-state index in [0.717, 1.165) is 5.56 Å². The first kappa shape index (κ1) is 9.04. The summed E-state index contributed by atoms with van der Waals surface area (Å²) in [4.78, 5) is 0. The molecule has 0 bridgehead atoms. The van der Waals surface area contributed by atoms with Crippen molar-refractivity contribution in [2.45, 2.75) is 25.9 Å². The molecule has 1 rings (SSSR count). The molecular formula is C8H11ClOS. The summed E-state index contributed by atoms with van der Waals surface area (Å²) in [5, 5.41) is 11.7. The first-order valence-corrected chi connectivity index (χ1v) is 4.79. The van der Waals surface area contributed by atoms with E-state index in [1.165, 1.54) is 11.3 Å². The lowest BCUT2D eigenvalue weighted by Gasteiger charge is -2.20. The quantitative estimate of drug-likeness (QED) is 0.760. The summed E-state index contributed by atoms with van der Waals surface area (Å²) in [7, 11) is 0. The standard InChI is InChI=1S/C8H11ClOS/c1-3-8(2,10)6-4-5-11-7(6)9/h4-5,10H,3H2,1-2H3. The van der Waals surface area contributed by atoms with Gasteiger partial charge in [-0.1, -0.05) is 18.5 Å². The maximum Gasteiger partial charge on any atom is 0.0989 e. The van der Waals surface area contributed by atoms with E-state index in [-0.39, 0.29) is 0 Å². The van der Waals surface area contributed by atoms with Crippen molar-refractivity contribution in [3.8, 4) is 0 Å². The van der Waals surface area contributed by atoms with Gasteiger partial charge in [-0.2, -0.15) is 0 Å². The summed E-state index contributed by atoms with van der Waals surface area (Å²) in [6, 6.07) is 1.87. The number of aliphatic hydroxyl groups is 1. The van der Waals surface area contributed by atoms with Gasteiger partial charge in [0, 0.05) is 5.56 Å². The maximum absolute atomic E-state index is 9.79. The number of rotatable bonds is 2. The lowest BCUT2D eigenvalue weighted by atomic mass is 9.96. The molecule has 0 aliphatic rings. The van der Waals surface area contributed by atoms with Crippen LogP contribution in [0.4, 0.5) is 0 Å². The van der Waals surface area contributed by atoms with Crippen LogP contribution in [-0.2, 0) is 5.60 Å². The van der Waals surface area contributed by atoms with Crippen LogP contribution in [0.1, 0.15) is 25.8 Å². The third-order valence-corrected chi connectivity index (χ3v) is 3.06. The number of hydrogen-bond donors (Lipinski definition) is 1. The van der Waals surface area contributed by atoms with Crippen LogP contribution in [0.3, 0.4) is 0 Å². The summed E-state index contributed by atoms with van der Waals surface area (Å²) in [6.07, 6.45) is 0.684.